The first kappa shape index (κ1) is 21.8. The van der Waals surface area contributed by atoms with Gasteiger partial charge in [0.15, 0.2) is 17.7 Å². The van der Waals surface area contributed by atoms with Gasteiger partial charge in [-0.1, -0.05) is 12.1 Å². The van der Waals surface area contributed by atoms with Gasteiger partial charge in [0.05, 0.1) is 12.8 Å². The Balaban J connectivity index is 1.59. The normalized spacial score (nSPS) is 11.4. The second kappa shape index (κ2) is 9.71. The molecule has 8 heteroatoms. The van der Waals surface area contributed by atoms with Crippen LogP contribution in [0.5, 0.6) is 11.5 Å². The number of benzene rings is 3. The first-order chi connectivity index (χ1) is 14.9. The number of rotatable bonds is 7. The van der Waals surface area contributed by atoms with Gasteiger partial charge in [0.2, 0.25) is 0 Å². The lowest BCUT2D eigenvalue weighted by molar-refractivity contribution is -0.122. The number of amides is 2. The lowest BCUT2D eigenvalue weighted by Crippen LogP contribution is -2.30. The number of ether oxygens (including phenoxy) is 2. The largest absolute Gasteiger partial charge is 0.495 e. The quantitative estimate of drug-likeness (QED) is 0.578. The summed E-state index contributed by atoms with van der Waals surface area (Å²) in [6.07, 6.45) is -0.960. The summed E-state index contributed by atoms with van der Waals surface area (Å²) < 4.78 is 36.8. The van der Waals surface area contributed by atoms with Crippen molar-refractivity contribution in [3.63, 3.8) is 0 Å². The molecule has 1 unspecified atom stereocenters. The van der Waals surface area contributed by atoms with Crippen LogP contribution in [0.1, 0.15) is 17.3 Å². The van der Waals surface area contributed by atoms with Crippen molar-refractivity contribution in [1.82, 2.24) is 0 Å². The zero-order chi connectivity index (χ0) is 22.4. The molecule has 0 heterocycles. The van der Waals surface area contributed by atoms with Gasteiger partial charge in [0.25, 0.3) is 11.8 Å². The second-order valence-electron chi connectivity index (χ2n) is 6.56. The molecule has 3 aromatic rings. The lowest BCUT2D eigenvalue weighted by atomic mass is 10.2. The fourth-order valence-corrected chi connectivity index (χ4v) is 2.70. The number of halogens is 2. The number of carbonyl (C=O) groups is 2. The molecule has 0 aliphatic carbocycles. The van der Waals surface area contributed by atoms with E-state index in [4.69, 9.17) is 9.47 Å². The van der Waals surface area contributed by atoms with Gasteiger partial charge in [0, 0.05) is 17.3 Å². The summed E-state index contributed by atoms with van der Waals surface area (Å²) in [6, 6.07) is 16.3. The van der Waals surface area contributed by atoms with Crippen molar-refractivity contribution in [1.29, 1.82) is 0 Å². The van der Waals surface area contributed by atoms with Crippen molar-refractivity contribution in [3.05, 3.63) is 83.9 Å². The van der Waals surface area contributed by atoms with E-state index < -0.39 is 23.6 Å². The molecule has 0 fully saturated rings. The van der Waals surface area contributed by atoms with Gasteiger partial charge < -0.3 is 20.1 Å². The van der Waals surface area contributed by atoms with Gasteiger partial charge >= 0.3 is 0 Å². The summed E-state index contributed by atoms with van der Waals surface area (Å²) in [5.74, 6) is -2.32. The number of methoxy groups -OCH3 is 1. The molecule has 0 radical (unpaired) electrons. The minimum absolute atomic E-state index is 0.0323. The molecule has 0 saturated heterocycles. The first-order valence-electron chi connectivity index (χ1n) is 9.34. The summed E-state index contributed by atoms with van der Waals surface area (Å²) in [5, 5.41) is 5.40. The third-order valence-electron chi connectivity index (χ3n) is 4.34. The average Bonchev–Trinajstić information content (AvgIpc) is 2.77. The van der Waals surface area contributed by atoms with E-state index in [0.29, 0.717) is 22.7 Å². The molecule has 31 heavy (non-hydrogen) atoms. The van der Waals surface area contributed by atoms with Crippen LogP contribution in [-0.4, -0.2) is 25.0 Å². The van der Waals surface area contributed by atoms with Crippen LogP contribution >= 0.6 is 0 Å². The minimum atomic E-state index is -1.06. The first-order valence-corrected chi connectivity index (χ1v) is 9.34. The third-order valence-corrected chi connectivity index (χ3v) is 4.34. The number of carbonyl (C=O) groups excluding carboxylic acids is 2. The van der Waals surface area contributed by atoms with E-state index in [1.807, 2.05) is 0 Å². The summed E-state index contributed by atoms with van der Waals surface area (Å²) in [4.78, 5) is 24.7. The molecule has 0 bridgehead atoms. The number of nitrogens with one attached hydrogen (secondary N) is 2. The molecule has 0 aliphatic heterocycles. The SMILES string of the molecule is COc1ccccc1NC(=O)c1ccc(NC(=O)C(C)Oc2ccc(F)c(F)c2)cc1. The van der Waals surface area contributed by atoms with Crippen LogP contribution in [0, 0.1) is 11.6 Å². The maximum Gasteiger partial charge on any atom is 0.265 e. The van der Waals surface area contributed by atoms with Crippen LogP contribution in [0.15, 0.2) is 66.7 Å². The summed E-state index contributed by atoms with van der Waals surface area (Å²) in [5.41, 5.74) is 1.37. The van der Waals surface area contributed by atoms with E-state index in [0.717, 1.165) is 12.1 Å². The van der Waals surface area contributed by atoms with E-state index in [2.05, 4.69) is 10.6 Å². The Morgan fingerprint density at radius 1 is 0.903 bits per heavy atom. The fraction of sp³-hybridized carbons (Fsp3) is 0.130. The van der Waals surface area contributed by atoms with Crippen LogP contribution < -0.4 is 20.1 Å². The highest BCUT2D eigenvalue weighted by atomic mass is 19.2. The molecule has 6 nitrogen and oxygen atoms in total. The number of hydrogen-bond acceptors (Lipinski definition) is 4. The van der Waals surface area contributed by atoms with Crippen molar-refractivity contribution < 1.29 is 27.8 Å². The van der Waals surface area contributed by atoms with Crippen LogP contribution in [-0.2, 0) is 4.79 Å². The fourth-order valence-electron chi connectivity index (χ4n) is 2.70. The molecule has 3 aromatic carbocycles. The van der Waals surface area contributed by atoms with Crippen LogP contribution in [0.4, 0.5) is 20.2 Å². The molecular weight excluding hydrogens is 406 g/mol. The smallest absolute Gasteiger partial charge is 0.265 e. The monoisotopic (exact) mass is 426 g/mol. The van der Waals surface area contributed by atoms with Gasteiger partial charge in [0.1, 0.15) is 11.5 Å². The van der Waals surface area contributed by atoms with Crippen molar-refractivity contribution in [2.45, 2.75) is 13.0 Å². The van der Waals surface area contributed by atoms with Gasteiger partial charge in [-0.05, 0) is 55.5 Å². The molecule has 160 valence electrons. The maximum absolute atomic E-state index is 13.3. The standard InChI is InChI=1S/C23H20F2N2O4/c1-14(31-17-11-12-18(24)19(25)13-17)22(28)26-16-9-7-15(8-10-16)23(29)27-20-5-3-4-6-21(20)30-2/h3-14H,1-2H3,(H,26,28)(H,27,29). The van der Waals surface area contributed by atoms with Crippen molar-refractivity contribution in [2.75, 3.05) is 17.7 Å². The average molecular weight is 426 g/mol. The highest BCUT2D eigenvalue weighted by Gasteiger charge is 2.16. The zero-order valence-corrected chi connectivity index (χ0v) is 16.8. The van der Waals surface area contributed by atoms with E-state index in [-0.39, 0.29) is 11.7 Å². The predicted octanol–water partition coefficient (Wildman–Crippen LogP) is 4.63. The maximum atomic E-state index is 13.3. The van der Waals surface area contributed by atoms with E-state index in [1.54, 1.807) is 48.5 Å². The van der Waals surface area contributed by atoms with Crippen molar-refractivity contribution in [2.24, 2.45) is 0 Å². The van der Waals surface area contributed by atoms with Crippen LogP contribution in [0.2, 0.25) is 0 Å². The highest BCUT2D eigenvalue weighted by molar-refractivity contribution is 6.05. The summed E-state index contributed by atoms with van der Waals surface area (Å²) in [7, 11) is 1.51. The molecule has 0 aromatic heterocycles. The van der Waals surface area contributed by atoms with E-state index in [1.165, 1.54) is 20.1 Å². The highest BCUT2D eigenvalue weighted by Crippen LogP contribution is 2.24. The minimum Gasteiger partial charge on any atom is -0.495 e. The number of anilines is 2. The Kier molecular flexibility index (Phi) is 6.81. The third kappa shape index (κ3) is 5.57. The van der Waals surface area contributed by atoms with Crippen molar-refractivity contribution in [3.8, 4) is 11.5 Å². The molecule has 2 N–H and O–H groups in total. The Bertz CT molecular complexity index is 1090. The van der Waals surface area contributed by atoms with Crippen LogP contribution in [0.25, 0.3) is 0 Å². The molecule has 3 rings (SSSR count). The predicted molar refractivity (Wildman–Crippen MR) is 112 cm³/mol. The summed E-state index contributed by atoms with van der Waals surface area (Å²) >= 11 is 0. The Hall–Kier alpha value is -3.94. The Morgan fingerprint density at radius 3 is 2.29 bits per heavy atom. The molecular formula is C23H20F2N2O4. The molecule has 0 spiro atoms. The number of hydrogen-bond donors (Lipinski definition) is 2. The van der Waals surface area contributed by atoms with Gasteiger partial charge in [-0.3, -0.25) is 9.59 Å². The van der Waals surface area contributed by atoms with Gasteiger partial charge in [-0.25, -0.2) is 8.78 Å². The Morgan fingerprint density at radius 2 is 1.61 bits per heavy atom. The lowest BCUT2D eigenvalue weighted by Gasteiger charge is -2.15. The van der Waals surface area contributed by atoms with E-state index in [9.17, 15) is 18.4 Å². The van der Waals surface area contributed by atoms with Crippen LogP contribution in [0.3, 0.4) is 0 Å². The van der Waals surface area contributed by atoms with Crippen molar-refractivity contribution >= 4 is 23.2 Å². The Labute approximate surface area is 177 Å². The molecule has 0 aliphatic rings. The topological polar surface area (TPSA) is 76.7 Å². The number of para-hydroxylation sites is 2. The summed E-state index contributed by atoms with van der Waals surface area (Å²) in [6.45, 7) is 1.48. The molecule has 0 saturated carbocycles. The van der Waals surface area contributed by atoms with Gasteiger partial charge in [-0.2, -0.15) is 0 Å². The molecule has 2 amide bonds. The zero-order valence-electron chi connectivity index (χ0n) is 16.8. The van der Waals surface area contributed by atoms with E-state index >= 15 is 0 Å². The van der Waals surface area contributed by atoms with Gasteiger partial charge in [-0.15, -0.1) is 0 Å². The molecule has 1 atom stereocenters. The second-order valence-corrected chi connectivity index (χ2v) is 6.56.